The first-order valence-corrected chi connectivity index (χ1v) is 10.6. The zero-order valence-electron chi connectivity index (χ0n) is 17.5. The van der Waals surface area contributed by atoms with Crippen molar-refractivity contribution in [1.29, 1.82) is 0 Å². The SMILES string of the molecule is CN1CCN(C(=O)NCC2CCN(Cc3ccccc3)C2)CC1c1nccn1C. The highest BCUT2D eigenvalue weighted by Crippen LogP contribution is 2.23. The molecule has 7 heteroatoms. The van der Waals surface area contributed by atoms with Gasteiger partial charge in [0, 0.05) is 58.7 Å². The van der Waals surface area contributed by atoms with Crippen LogP contribution in [0, 0.1) is 5.92 Å². The number of rotatable bonds is 5. The van der Waals surface area contributed by atoms with Gasteiger partial charge >= 0.3 is 6.03 Å². The van der Waals surface area contributed by atoms with E-state index in [1.54, 1.807) is 0 Å². The maximum atomic E-state index is 12.8. The number of likely N-dealkylation sites (N-methyl/N-ethyl adjacent to an activating group) is 1. The van der Waals surface area contributed by atoms with E-state index in [2.05, 4.69) is 57.5 Å². The number of carbonyl (C=O) groups excluding carboxylic acids is 1. The molecule has 2 amide bonds. The Morgan fingerprint density at radius 1 is 1.14 bits per heavy atom. The average molecular weight is 397 g/mol. The third kappa shape index (κ3) is 4.79. The predicted octanol–water partition coefficient (Wildman–Crippen LogP) is 1.94. The molecule has 2 atom stereocenters. The number of imidazole rings is 1. The molecule has 0 aliphatic carbocycles. The number of carbonyl (C=O) groups is 1. The summed E-state index contributed by atoms with van der Waals surface area (Å²) in [7, 11) is 4.12. The summed E-state index contributed by atoms with van der Waals surface area (Å²) in [6.07, 6.45) is 4.93. The van der Waals surface area contributed by atoms with E-state index in [4.69, 9.17) is 0 Å². The van der Waals surface area contributed by atoms with Gasteiger partial charge in [0.2, 0.25) is 0 Å². The highest BCUT2D eigenvalue weighted by molar-refractivity contribution is 5.74. The third-order valence-electron chi connectivity index (χ3n) is 6.25. The van der Waals surface area contributed by atoms with Gasteiger partial charge in [-0.25, -0.2) is 9.78 Å². The highest BCUT2D eigenvalue weighted by Gasteiger charge is 2.31. The van der Waals surface area contributed by atoms with Crippen LogP contribution in [-0.2, 0) is 13.6 Å². The minimum absolute atomic E-state index is 0.0545. The summed E-state index contributed by atoms with van der Waals surface area (Å²) in [5.41, 5.74) is 1.36. The Balaban J connectivity index is 1.25. The zero-order chi connectivity index (χ0) is 20.2. The number of piperazine rings is 1. The number of urea groups is 1. The van der Waals surface area contributed by atoms with Gasteiger partial charge in [0.1, 0.15) is 5.82 Å². The van der Waals surface area contributed by atoms with Gasteiger partial charge in [-0.05, 0) is 31.5 Å². The summed E-state index contributed by atoms with van der Waals surface area (Å²) >= 11 is 0. The van der Waals surface area contributed by atoms with Crippen molar-refractivity contribution in [2.75, 3.05) is 46.3 Å². The van der Waals surface area contributed by atoms with Gasteiger partial charge in [0.25, 0.3) is 0 Å². The molecule has 0 saturated carbocycles. The van der Waals surface area contributed by atoms with Crippen LogP contribution in [0.5, 0.6) is 0 Å². The normalized spacial score (nSPS) is 23.4. The monoisotopic (exact) mass is 396 g/mol. The fourth-order valence-corrected chi connectivity index (χ4v) is 4.44. The van der Waals surface area contributed by atoms with E-state index in [0.717, 1.165) is 51.5 Å². The van der Waals surface area contributed by atoms with E-state index in [0.29, 0.717) is 12.5 Å². The van der Waals surface area contributed by atoms with Crippen LogP contribution in [0.25, 0.3) is 0 Å². The van der Waals surface area contributed by atoms with Crippen molar-refractivity contribution in [3.63, 3.8) is 0 Å². The van der Waals surface area contributed by atoms with Crippen molar-refractivity contribution in [3.05, 3.63) is 54.1 Å². The molecule has 4 rings (SSSR count). The lowest BCUT2D eigenvalue weighted by molar-refractivity contribution is 0.104. The Labute approximate surface area is 173 Å². The molecule has 0 radical (unpaired) electrons. The van der Waals surface area contributed by atoms with Crippen molar-refractivity contribution in [2.45, 2.75) is 19.0 Å². The summed E-state index contributed by atoms with van der Waals surface area (Å²) in [6.45, 7) is 6.20. The third-order valence-corrected chi connectivity index (χ3v) is 6.25. The van der Waals surface area contributed by atoms with Gasteiger partial charge < -0.3 is 14.8 Å². The molecule has 1 N–H and O–H groups in total. The molecule has 7 nitrogen and oxygen atoms in total. The first kappa shape index (κ1) is 19.9. The lowest BCUT2D eigenvalue weighted by Crippen LogP contribution is -2.53. The van der Waals surface area contributed by atoms with Crippen LogP contribution in [0.15, 0.2) is 42.7 Å². The lowest BCUT2D eigenvalue weighted by Gasteiger charge is -2.39. The summed E-state index contributed by atoms with van der Waals surface area (Å²) in [6, 6.07) is 10.8. The van der Waals surface area contributed by atoms with E-state index in [1.807, 2.05) is 28.9 Å². The van der Waals surface area contributed by atoms with Crippen molar-refractivity contribution in [2.24, 2.45) is 13.0 Å². The van der Waals surface area contributed by atoms with Crippen LogP contribution in [-0.4, -0.2) is 76.6 Å². The highest BCUT2D eigenvalue weighted by atomic mass is 16.2. The second-order valence-corrected chi connectivity index (χ2v) is 8.40. The predicted molar refractivity (Wildman–Crippen MR) is 113 cm³/mol. The molecule has 2 aliphatic heterocycles. The van der Waals surface area contributed by atoms with E-state index in [9.17, 15) is 4.79 Å². The molecule has 1 aromatic carbocycles. The molecule has 2 unspecified atom stereocenters. The van der Waals surface area contributed by atoms with Crippen LogP contribution < -0.4 is 5.32 Å². The molecule has 0 bridgehead atoms. The smallest absolute Gasteiger partial charge is 0.317 e. The zero-order valence-corrected chi connectivity index (χ0v) is 17.5. The number of aryl methyl sites for hydroxylation is 1. The first-order valence-electron chi connectivity index (χ1n) is 10.6. The minimum atomic E-state index is 0.0545. The molecule has 2 aromatic rings. The second kappa shape index (κ2) is 8.97. The maximum Gasteiger partial charge on any atom is 0.317 e. The molecule has 2 saturated heterocycles. The van der Waals surface area contributed by atoms with Gasteiger partial charge in [-0.3, -0.25) is 9.80 Å². The first-order chi connectivity index (χ1) is 14.1. The number of amides is 2. The molecule has 1 aromatic heterocycles. The Hall–Kier alpha value is -2.38. The van der Waals surface area contributed by atoms with Crippen LogP contribution in [0.1, 0.15) is 23.9 Å². The van der Waals surface area contributed by atoms with Crippen LogP contribution in [0.3, 0.4) is 0 Å². The number of nitrogens with zero attached hydrogens (tertiary/aromatic N) is 5. The Morgan fingerprint density at radius 2 is 1.97 bits per heavy atom. The van der Waals surface area contributed by atoms with Gasteiger partial charge in [-0.15, -0.1) is 0 Å². The number of aromatic nitrogens is 2. The Bertz CT molecular complexity index is 807. The standard InChI is InChI=1S/C22H32N6O/c1-25-12-13-28(17-20(25)21-23-9-11-26(21)2)22(29)24-14-19-8-10-27(16-19)15-18-6-4-3-5-7-18/h3-7,9,11,19-20H,8,10,12-17H2,1-2H3,(H,24,29). The fourth-order valence-electron chi connectivity index (χ4n) is 4.44. The van der Waals surface area contributed by atoms with E-state index in [-0.39, 0.29) is 12.1 Å². The number of nitrogens with one attached hydrogen (secondary N) is 1. The minimum Gasteiger partial charge on any atom is -0.338 e. The summed E-state index contributed by atoms with van der Waals surface area (Å²) in [4.78, 5) is 24.0. The molecule has 0 spiro atoms. The van der Waals surface area contributed by atoms with Crippen LogP contribution in [0.4, 0.5) is 4.79 Å². The number of likely N-dealkylation sites (tertiary alicyclic amines) is 1. The van der Waals surface area contributed by atoms with E-state index < -0.39 is 0 Å². The molecular formula is C22H32N6O. The Morgan fingerprint density at radius 3 is 2.72 bits per heavy atom. The van der Waals surface area contributed by atoms with Gasteiger partial charge in [-0.1, -0.05) is 30.3 Å². The Kier molecular flexibility index (Phi) is 6.16. The molecule has 156 valence electrons. The molecular weight excluding hydrogens is 364 g/mol. The van der Waals surface area contributed by atoms with Crippen molar-refractivity contribution in [3.8, 4) is 0 Å². The van der Waals surface area contributed by atoms with E-state index in [1.165, 1.54) is 5.56 Å². The molecule has 2 fully saturated rings. The van der Waals surface area contributed by atoms with Gasteiger partial charge in [-0.2, -0.15) is 0 Å². The molecule has 2 aliphatic rings. The average Bonchev–Trinajstić information content (AvgIpc) is 3.36. The van der Waals surface area contributed by atoms with Gasteiger partial charge in [0.15, 0.2) is 0 Å². The topological polar surface area (TPSA) is 56.6 Å². The summed E-state index contributed by atoms with van der Waals surface area (Å²) in [5, 5.41) is 3.19. The van der Waals surface area contributed by atoms with E-state index >= 15 is 0 Å². The summed E-state index contributed by atoms with van der Waals surface area (Å²) < 4.78 is 2.04. The van der Waals surface area contributed by atoms with Crippen molar-refractivity contribution in [1.82, 2.24) is 29.6 Å². The fraction of sp³-hybridized carbons (Fsp3) is 0.545. The van der Waals surface area contributed by atoms with Crippen molar-refractivity contribution < 1.29 is 4.79 Å². The molecule has 3 heterocycles. The van der Waals surface area contributed by atoms with Gasteiger partial charge in [0.05, 0.1) is 6.04 Å². The number of benzene rings is 1. The van der Waals surface area contributed by atoms with Crippen molar-refractivity contribution >= 4 is 6.03 Å². The second-order valence-electron chi connectivity index (χ2n) is 8.40. The summed E-state index contributed by atoms with van der Waals surface area (Å²) in [5.74, 6) is 1.54. The number of hydrogen-bond acceptors (Lipinski definition) is 4. The largest absolute Gasteiger partial charge is 0.338 e. The lowest BCUT2D eigenvalue weighted by atomic mass is 10.1. The maximum absolute atomic E-state index is 12.8. The quantitative estimate of drug-likeness (QED) is 0.839. The van der Waals surface area contributed by atoms with Crippen LogP contribution >= 0.6 is 0 Å². The number of hydrogen-bond donors (Lipinski definition) is 1. The molecule has 29 heavy (non-hydrogen) atoms. The van der Waals surface area contributed by atoms with Crippen LogP contribution in [0.2, 0.25) is 0 Å².